The number of hydrogen-bond donors (Lipinski definition) is 1. The molecular weight excluding hydrogens is 212 g/mol. The Morgan fingerprint density at radius 2 is 2.12 bits per heavy atom. The van der Waals surface area contributed by atoms with Crippen LogP contribution in [0.1, 0.15) is 25.0 Å². The van der Waals surface area contributed by atoms with E-state index < -0.39 is 0 Å². The Kier molecular flexibility index (Phi) is 4.31. The number of piperidine rings is 1. The zero-order valence-corrected chi connectivity index (χ0v) is 10.8. The summed E-state index contributed by atoms with van der Waals surface area (Å²) in [5.41, 5.74) is 1.02. The zero-order valence-electron chi connectivity index (χ0n) is 10.8. The molecular formula is C13H22N4. The molecule has 2 heterocycles. The Labute approximate surface area is 103 Å². The smallest absolute Gasteiger partial charge is 0.129 e. The van der Waals surface area contributed by atoms with Crippen LogP contribution in [0.3, 0.4) is 0 Å². The van der Waals surface area contributed by atoms with Gasteiger partial charge in [-0.05, 0) is 52.2 Å². The van der Waals surface area contributed by atoms with Crippen molar-refractivity contribution in [2.45, 2.75) is 26.2 Å². The monoisotopic (exact) mass is 234 g/mol. The van der Waals surface area contributed by atoms with Crippen LogP contribution < -0.4 is 5.32 Å². The lowest BCUT2D eigenvalue weighted by Crippen LogP contribution is -2.30. The lowest BCUT2D eigenvalue weighted by Gasteiger charge is -2.28. The van der Waals surface area contributed by atoms with Gasteiger partial charge in [-0.25, -0.2) is 9.97 Å². The van der Waals surface area contributed by atoms with Gasteiger partial charge in [0.1, 0.15) is 12.1 Å². The summed E-state index contributed by atoms with van der Waals surface area (Å²) in [5, 5.41) is 3.38. The van der Waals surface area contributed by atoms with Gasteiger partial charge in [0.05, 0.1) is 0 Å². The number of aromatic nitrogens is 2. The summed E-state index contributed by atoms with van der Waals surface area (Å²) in [6.45, 7) is 5.50. The van der Waals surface area contributed by atoms with Gasteiger partial charge in [0.15, 0.2) is 0 Å². The van der Waals surface area contributed by atoms with Crippen LogP contribution in [-0.2, 0) is 0 Å². The molecule has 0 unspecified atom stereocenters. The first-order chi connectivity index (χ1) is 8.24. The Hall–Kier alpha value is -1.16. The topological polar surface area (TPSA) is 41.0 Å². The highest BCUT2D eigenvalue weighted by Crippen LogP contribution is 2.19. The summed E-state index contributed by atoms with van der Waals surface area (Å²) in [4.78, 5) is 10.7. The molecule has 1 aliphatic rings. The van der Waals surface area contributed by atoms with Crippen molar-refractivity contribution < 1.29 is 0 Å². The van der Waals surface area contributed by atoms with Crippen molar-refractivity contribution in [3.8, 4) is 0 Å². The lowest BCUT2D eigenvalue weighted by atomic mass is 9.94. The van der Waals surface area contributed by atoms with Crippen molar-refractivity contribution >= 4 is 5.82 Å². The molecule has 4 heteroatoms. The van der Waals surface area contributed by atoms with Crippen molar-refractivity contribution in [3.63, 3.8) is 0 Å². The van der Waals surface area contributed by atoms with E-state index in [1.54, 1.807) is 6.33 Å². The first-order valence-corrected chi connectivity index (χ1v) is 6.45. The van der Waals surface area contributed by atoms with Crippen LogP contribution in [0.5, 0.6) is 0 Å². The summed E-state index contributed by atoms with van der Waals surface area (Å²) in [7, 11) is 2.21. The molecule has 17 heavy (non-hydrogen) atoms. The van der Waals surface area contributed by atoms with Crippen LogP contribution >= 0.6 is 0 Å². The molecule has 0 spiro atoms. The van der Waals surface area contributed by atoms with E-state index in [0.29, 0.717) is 0 Å². The Balaban J connectivity index is 1.69. The molecule has 1 fully saturated rings. The molecule has 1 aromatic rings. The number of nitrogens with one attached hydrogen (secondary N) is 1. The molecule has 4 nitrogen and oxygen atoms in total. The maximum absolute atomic E-state index is 4.20. The van der Waals surface area contributed by atoms with Gasteiger partial charge >= 0.3 is 0 Å². The molecule has 0 amide bonds. The SMILES string of the molecule is Cc1cc(NCCC2CCN(C)CC2)ncn1. The quantitative estimate of drug-likeness (QED) is 0.864. The molecule has 1 saturated heterocycles. The van der Waals surface area contributed by atoms with E-state index in [1.165, 1.54) is 32.4 Å². The number of likely N-dealkylation sites (tertiary alicyclic amines) is 1. The number of rotatable bonds is 4. The van der Waals surface area contributed by atoms with E-state index >= 15 is 0 Å². The second-order valence-electron chi connectivity index (χ2n) is 5.01. The van der Waals surface area contributed by atoms with Crippen LogP contribution in [0.25, 0.3) is 0 Å². The molecule has 2 rings (SSSR count). The van der Waals surface area contributed by atoms with Crippen molar-refractivity contribution in [2.24, 2.45) is 5.92 Å². The van der Waals surface area contributed by atoms with Gasteiger partial charge in [-0.1, -0.05) is 0 Å². The van der Waals surface area contributed by atoms with Crippen LogP contribution in [0, 0.1) is 12.8 Å². The first-order valence-electron chi connectivity index (χ1n) is 6.45. The summed E-state index contributed by atoms with van der Waals surface area (Å²) in [5.74, 6) is 1.83. The molecule has 0 aromatic carbocycles. The normalized spacial score (nSPS) is 18.2. The van der Waals surface area contributed by atoms with Crippen molar-refractivity contribution in [1.82, 2.24) is 14.9 Å². The third-order valence-corrected chi connectivity index (χ3v) is 3.50. The summed E-state index contributed by atoms with van der Waals surface area (Å²) in [6, 6.07) is 1.99. The van der Waals surface area contributed by atoms with Gasteiger partial charge in [0.25, 0.3) is 0 Å². The second kappa shape index (κ2) is 5.96. The van der Waals surface area contributed by atoms with Gasteiger partial charge in [0.2, 0.25) is 0 Å². The Morgan fingerprint density at radius 3 is 2.82 bits per heavy atom. The average molecular weight is 234 g/mol. The fourth-order valence-corrected chi connectivity index (χ4v) is 2.31. The summed E-state index contributed by atoms with van der Waals surface area (Å²) < 4.78 is 0. The molecule has 0 atom stereocenters. The highest BCUT2D eigenvalue weighted by Gasteiger charge is 2.15. The highest BCUT2D eigenvalue weighted by atomic mass is 15.1. The van der Waals surface area contributed by atoms with Gasteiger partial charge in [-0.3, -0.25) is 0 Å². The van der Waals surface area contributed by atoms with Crippen LogP contribution in [0.2, 0.25) is 0 Å². The summed E-state index contributed by atoms with van der Waals surface area (Å²) in [6.07, 6.45) is 5.53. The number of hydrogen-bond acceptors (Lipinski definition) is 4. The van der Waals surface area contributed by atoms with Crippen molar-refractivity contribution in [3.05, 3.63) is 18.1 Å². The maximum atomic E-state index is 4.20. The molecule has 1 aliphatic heterocycles. The van der Waals surface area contributed by atoms with Gasteiger partial charge in [-0.2, -0.15) is 0 Å². The summed E-state index contributed by atoms with van der Waals surface area (Å²) >= 11 is 0. The van der Waals surface area contributed by atoms with Crippen molar-refractivity contribution in [1.29, 1.82) is 0 Å². The number of aryl methyl sites for hydroxylation is 1. The van der Waals surface area contributed by atoms with Crippen molar-refractivity contribution in [2.75, 3.05) is 32.0 Å². The lowest BCUT2D eigenvalue weighted by molar-refractivity contribution is 0.215. The van der Waals surface area contributed by atoms with E-state index in [2.05, 4.69) is 27.2 Å². The number of anilines is 1. The maximum Gasteiger partial charge on any atom is 0.129 e. The van der Waals surface area contributed by atoms with Crippen LogP contribution in [-0.4, -0.2) is 41.5 Å². The zero-order chi connectivity index (χ0) is 12.1. The third kappa shape index (κ3) is 3.97. The predicted octanol–water partition coefficient (Wildman–Crippen LogP) is 1.93. The largest absolute Gasteiger partial charge is 0.370 e. The van der Waals surface area contributed by atoms with Gasteiger partial charge < -0.3 is 10.2 Å². The minimum atomic E-state index is 0.877. The molecule has 1 N–H and O–H groups in total. The van der Waals surface area contributed by atoms with Gasteiger partial charge in [-0.15, -0.1) is 0 Å². The third-order valence-electron chi connectivity index (χ3n) is 3.50. The van der Waals surface area contributed by atoms with E-state index in [1.807, 2.05) is 13.0 Å². The molecule has 0 aliphatic carbocycles. The molecule has 0 bridgehead atoms. The fraction of sp³-hybridized carbons (Fsp3) is 0.692. The average Bonchev–Trinajstić information content (AvgIpc) is 2.32. The standard InChI is InChI=1S/C13H22N4/c1-11-9-13(16-10-15-11)14-6-3-12-4-7-17(2)8-5-12/h9-10,12H,3-8H2,1-2H3,(H,14,15,16). The van der Waals surface area contributed by atoms with Crippen LogP contribution in [0.15, 0.2) is 12.4 Å². The highest BCUT2D eigenvalue weighted by molar-refractivity contribution is 5.34. The van der Waals surface area contributed by atoms with Crippen LogP contribution in [0.4, 0.5) is 5.82 Å². The minimum Gasteiger partial charge on any atom is -0.370 e. The minimum absolute atomic E-state index is 0.877. The Morgan fingerprint density at radius 1 is 1.35 bits per heavy atom. The first kappa shape index (κ1) is 12.3. The molecule has 94 valence electrons. The van der Waals surface area contributed by atoms with E-state index in [9.17, 15) is 0 Å². The van der Waals surface area contributed by atoms with E-state index in [4.69, 9.17) is 0 Å². The fourth-order valence-electron chi connectivity index (χ4n) is 2.31. The molecule has 1 aromatic heterocycles. The molecule has 0 saturated carbocycles. The molecule has 0 radical (unpaired) electrons. The van der Waals surface area contributed by atoms with E-state index in [0.717, 1.165) is 24.0 Å². The van der Waals surface area contributed by atoms with E-state index in [-0.39, 0.29) is 0 Å². The predicted molar refractivity (Wildman–Crippen MR) is 70.1 cm³/mol. The van der Waals surface area contributed by atoms with Gasteiger partial charge in [0, 0.05) is 18.3 Å². The Bertz CT molecular complexity index is 345. The second-order valence-corrected chi connectivity index (χ2v) is 5.01. The number of nitrogens with zero attached hydrogens (tertiary/aromatic N) is 3.